The van der Waals surface area contributed by atoms with Crippen LogP contribution >= 0.6 is 0 Å². The minimum absolute atomic E-state index is 0.00823. The largest absolute Gasteiger partial charge is 0.496 e. The van der Waals surface area contributed by atoms with Gasteiger partial charge < -0.3 is 15.0 Å². The van der Waals surface area contributed by atoms with Crippen LogP contribution in [0.25, 0.3) is 0 Å². The molecule has 0 spiro atoms. The maximum absolute atomic E-state index is 12.4. The molecule has 2 aromatic rings. The Bertz CT molecular complexity index is 740. The molecule has 2 aromatic carbocycles. The number of hydrogen-bond donors (Lipinski definition) is 1. The van der Waals surface area contributed by atoms with Gasteiger partial charge in [-0.05, 0) is 18.6 Å². The summed E-state index contributed by atoms with van der Waals surface area (Å²) in [6, 6.07) is 16.4. The molecule has 0 bridgehead atoms. The normalized spacial score (nSPS) is 14.9. The molecule has 2 amide bonds. The Morgan fingerprint density at radius 3 is 2.58 bits per heavy atom. The summed E-state index contributed by atoms with van der Waals surface area (Å²) in [6.45, 7) is 6.84. The Morgan fingerprint density at radius 2 is 1.85 bits per heavy atom. The molecule has 0 radical (unpaired) electrons. The second-order valence-corrected chi connectivity index (χ2v) is 6.72. The average Bonchev–Trinajstić information content (AvgIpc) is 2.67. The molecular formula is C21H27N3O2. The molecule has 0 saturated carbocycles. The first-order valence-corrected chi connectivity index (χ1v) is 9.08. The predicted octanol–water partition coefficient (Wildman–Crippen LogP) is 3.03. The highest BCUT2D eigenvalue weighted by Crippen LogP contribution is 2.17. The number of methoxy groups -OCH3 is 1. The molecule has 0 atom stereocenters. The van der Waals surface area contributed by atoms with Crippen molar-refractivity contribution in [3.05, 3.63) is 65.2 Å². The van der Waals surface area contributed by atoms with Crippen molar-refractivity contribution in [3.63, 3.8) is 0 Å². The average molecular weight is 353 g/mol. The van der Waals surface area contributed by atoms with Crippen molar-refractivity contribution in [1.82, 2.24) is 15.1 Å². The zero-order chi connectivity index (χ0) is 18.4. The van der Waals surface area contributed by atoms with Crippen LogP contribution in [0.4, 0.5) is 4.79 Å². The van der Waals surface area contributed by atoms with Crippen LogP contribution in [0.2, 0.25) is 0 Å². The molecule has 1 N–H and O–H groups in total. The summed E-state index contributed by atoms with van der Waals surface area (Å²) in [6.07, 6.45) is 0. The lowest BCUT2D eigenvalue weighted by Gasteiger charge is -2.34. The van der Waals surface area contributed by atoms with Gasteiger partial charge >= 0.3 is 6.03 Å². The van der Waals surface area contributed by atoms with E-state index < -0.39 is 0 Å². The summed E-state index contributed by atoms with van der Waals surface area (Å²) in [7, 11) is 1.65. The van der Waals surface area contributed by atoms with Gasteiger partial charge in [0, 0.05) is 44.8 Å². The van der Waals surface area contributed by atoms with Gasteiger partial charge in [-0.3, -0.25) is 4.90 Å². The Hall–Kier alpha value is -2.53. The molecule has 5 heteroatoms. The number of urea groups is 1. The van der Waals surface area contributed by atoms with E-state index >= 15 is 0 Å². The van der Waals surface area contributed by atoms with E-state index in [4.69, 9.17) is 4.74 Å². The number of carbonyl (C=O) groups is 1. The van der Waals surface area contributed by atoms with E-state index in [0.717, 1.165) is 44.0 Å². The molecule has 3 rings (SSSR count). The minimum Gasteiger partial charge on any atom is -0.496 e. The molecule has 0 aliphatic carbocycles. The number of benzene rings is 2. The lowest BCUT2D eigenvalue weighted by molar-refractivity contribution is 0.135. The maximum atomic E-state index is 12.4. The van der Waals surface area contributed by atoms with Crippen molar-refractivity contribution in [3.8, 4) is 5.75 Å². The molecular weight excluding hydrogens is 326 g/mol. The van der Waals surface area contributed by atoms with Gasteiger partial charge in [-0.15, -0.1) is 0 Å². The third kappa shape index (κ3) is 4.76. The van der Waals surface area contributed by atoms with E-state index in [9.17, 15) is 4.79 Å². The van der Waals surface area contributed by atoms with E-state index in [-0.39, 0.29) is 6.03 Å². The van der Waals surface area contributed by atoms with Crippen LogP contribution in [0.15, 0.2) is 48.5 Å². The van der Waals surface area contributed by atoms with Crippen LogP contribution in [-0.4, -0.2) is 49.1 Å². The summed E-state index contributed by atoms with van der Waals surface area (Å²) in [5.41, 5.74) is 3.61. The molecule has 0 aromatic heterocycles. The first-order chi connectivity index (χ1) is 12.7. The first kappa shape index (κ1) is 18.3. The molecule has 0 unspecified atom stereocenters. The van der Waals surface area contributed by atoms with E-state index in [1.165, 1.54) is 11.1 Å². The van der Waals surface area contributed by atoms with E-state index in [2.05, 4.69) is 41.4 Å². The summed E-state index contributed by atoms with van der Waals surface area (Å²) in [4.78, 5) is 16.7. The molecule has 1 saturated heterocycles. The number of amides is 2. The lowest BCUT2D eigenvalue weighted by Crippen LogP contribution is -2.51. The topological polar surface area (TPSA) is 44.8 Å². The highest BCUT2D eigenvalue weighted by molar-refractivity contribution is 5.74. The summed E-state index contributed by atoms with van der Waals surface area (Å²) >= 11 is 0. The first-order valence-electron chi connectivity index (χ1n) is 9.08. The van der Waals surface area contributed by atoms with Gasteiger partial charge in [0.05, 0.1) is 7.11 Å². The number of hydrogen-bond acceptors (Lipinski definition) is 3. The molecule has 1 fully saturated rings. The van der Waals surface area contributed by atoms with Crippen LogP contribution in [0.1, 0.15) is 16.7 Å². The number of para-hydroxylation sites is 1. The minimum atomic E-state index is -0.00823. The second-order valence-electron chi connectivity index (χ2n) is 6.72. The Labute approximate surface area is 155 Å². The molecule has 5 nitrogen and oxygen atoms in total. The van der Waals surface area contributed by atoms with Gasteiger partial charge in [0.1, 0.15) is 5.75 Å². The van der Waals surface area contributed by atoms with E-state index in [1.807, 2.05) is 29.2 Å². The zero-order valence-electron chi connectivity index (χ0n) is 15.6. The van der Waals surface area contributed by atoms with Crippen molar-refractivity contribution in [2.75, 3.05) is 33.3 Å². The van der Waals surface area contributed by atoms with Gasteiger partial charge in [0.25, 0.3) is 0 Å². The smallest absolute Gasteiger partial charge is 0.317 e. The van der Waals surface area contributed by atoms with Crippen molar-refractivity contribution >= 4 is 6.03 Å². The predicted molar refractivity (Wildman–Crippen MR) is 103 cm³/mol. The van der Waals surface area contributed by atoms with Gasteiger partial charge in [0.2, 0.25) is 0 Å². The van der Waals surface area contributed by atoms with E-state index in [1.54, 1.807) is 7.11 Å². The van der Waals surface area contributed by atoms with Crippen LogP contribution in [0.5, 0.6) is 5.75 Å². The monoisotopic (exact) mass is 353 g/mol. The van der Waals surface area contributed by atoms with Crippen molar-refractivity contribution < 1.29 is 9.53 Å². The van der Waals surface area contributed by atoms with Gasteiger partial charge in [-0.1, -0.05) is 48.0 Å². The van der Waals surface area contributed by atoms with E-state index in [0.29, 0.717) is 6.54 Å². The van der Waals surface area contributed by atoms with Crippen molar-refractivity contribution in [2.45, 2.75) is 20.0 Å². The number of nitrogens with zero attached hydrogens (tertiary/aromatic N) is 2. The Morgan fingerprint density at radius 1 is 1.08 bits per heavy atom. The van der Waals surface area contributed by atoms with Gasteiger partial charge in [0.15, 0.2) is 0 Å². The van der Waals surface area contributed by atoms with Crippen LogP contribution in [-0.2, 0) is 13.1 Å². The number of piperazine rings is 1. The summed E-state index contributed by atoms with van der Waals surface area (Å²) in [5.74, 6) is 0.802. The van der Waals surface area contributed by atoms with Gasteiger partial charge in [-0.2, -0.15) is 0 Å². The maximum Gasteiger partial charge on any atom is 0.317 e. The highest BCUT2D eigenvalue weighted by Gasteiger charge is 2.21. The quantitative estimate of drug-likeness (QED) is 0.899. The third-order valence-electron chi connectivity index (χ3n) is 4.77. The second kappa shape index (κ2) is 8.72. The fourth-order valence-corrected chi connectivity index (χ4v) is 3.31. The summed E-state index contributed by atoms with van der Waals surface area (Å²) < 4.78 is 5.33. The number of carbonyl (C=O) groups excluding carboxylic acids is 1. The van der Waals surface area contributed by atoms with Crippen LogP contribution < -0.4 is 10.1 Å². The van der Waals surface area contributed by atoms with Crippen LogP contribution in [0, 0.1) is 6.92 Å². The van der Waals surface area contributed by atoms with Crippen molar-refractivity contribution in [1.29, 1.82) is 0 Å². The zero-order valence-corrected chi connectivity index (χ0v) is 15.6. The molecule has 138 valence electrons. The summed E-state index contributed by atoms with van der Waals surface area (Å²) in [5, 5.41) is 3.00. The fraction of sp³-hybridized carbons (Fsp3) is 0.381. The molecule has 1 heterocycles. The number of ether oxygens (including phenoxy) is 1. The number of nitrogens with one attached hydrogen (secondary N) is 1. The standard InChI is InChI=1S/C21H27N3O2/c1-17-6-5-7-18(14-17)16-23-10-12-24(13-11-23)21(25)22-15-19-8-3-4-9-20(19)26-2/h3-9,14H,10-13,15-16H2,1-2H3,(H,22,25). The Kier molecular flexibility index (Phi) is 6.12. The molecule has 1 aliphatic rings. The number of aryl methyl sites for hydroxylation is 1. The third-order valence-corrected chi connectivity index (χ3v) is 4.77. The Balaban J connectivity index is 1.46. The van der Waals surface area contributed by atoms with Gasteiger partial charge in [-0.25, -0.2) is 4.79 Å². The van der Waals surface area contributed by atoms with Crippen molar-refractivity contribution in [2.24, 2.45) is 0 Å². The number of rotatable bonds is 5. The molecule has 26 heavy (non-hydrogen) atoms. The highest BCUT2D eigenvalue weighted by atomic mass is 16.5. The fourth-order valence-electron chi connectivity index (χ4n) is 3.31. The van der Waals surface area contributed by atoms with Crippen LogP contribution in [0.3, 0.4) is 0 Å². The SMILES string of the molecule is COc1ccccc1CNC(=O)N1CCN(Cc2cccc(C)c2)CC1. The lowest BCUT2D eigenvalue weighted by atomic mass is 10.1. The molecule has 1 aliphatic heterocycles.